The van der Waals surface area contributed by atoms with Crippen LogP contribution in [0.5, 0.6) is 0 Å². The molecule has 6 heteroatoms. The minimum atomic E-state index is 0.0159. The number of H-pyrrole nitrogens is 1. The molecule has 1 aromatic heterocycles. The number of amides is 1. The van der Waals surface area contributed by atoms with Crippen molar-refractivity contribution >= 4 is 28.6 Å². The first-order chi connectivity index (χ1) is 8.60. The Labute approximate surface area is 105 Å². The number of hydrogen-bond acceptors (Lipinski definition) is 4. The van der Waals surface area contributed by atoms with Crippen molar-refractivity contribution in [1.82, 2.24) is 15.3 Å². The number of fused-ring (bicyclic) bond motifs is 1. The van der Waals surface area contributed by atoms with E-state index < -0.39 is 0 Å². The van der Waals surface area contributed by atoms with Gasteiger partial charge < -0.3 is 20.9 Å². The van der Waals surface area contributed by atoms with Crippen LogP contribution in [0.25, 0.3) is 11.0 Å². The predicted octanol–water partition coefficient (Wildman–Crippen LogP) is 0.717. The maximum Gasteiger partial charge on any atom is 0.221 e. The number of nitrogen functional groups attached to an aromatic ring is 1. The second-order valence-corrected chi connectivity index (χ2v) is 4.18. The highest BCUT2D eigenvalue weighted by Crippen LogP contribution is 2.18. The van der Waals surface area contributed by atoms with Crippen molar-refractivity contribution in [3.8, 4) is 0 Å². The zero-order valence-corrected chi connectivity index (χ0v) is 10.5. The summed E-state index contributed by atoms with van der Waals surface area (Å²) in [5.41, 5.74) is 8.18. The lowest BCUT2D eigenvalue weighted by Crippen LogP contribution is -2.26. The van der Waals surface area contributed by atoms with E-state index in [2.05, 4.69) is 15.3 Å². The fraction of sp³-hybridized carbons (Fsp3) is 0.333. The van der Waals surface area contributed by atoms with Crippen LogP contribution in [-0.2, 0) is 4.79 Å². The monoisotopic (exact) mass is 247 g/mol. The number of carbonyl (C=O) groups is 1. The van der Waals surface area contributed by atoms with Crippen LogP contribution in [0.1, 0.15) is 6.42 Å². The van der Waals surface area contributed by atoms with E-state index in [4.69, 9.17) is 5.73 Å². The topological polar surface area (TPSA) is 87.0 Å². The quantitative estimate of drug-likeness (QED) is 0.695. The number of imidazole rings is 1. The zero-order valence-electron chi connectivity index (χ0n) is 10.5. The molecule has 0 bridgehead atoms. The standard InChI is InChI=1S/C12H17N5O/c1-14-11(18)5-6-17(2)12-15-9-4-3-8(13)7-10(9)16-12/h3-4,7H,5-6,13H2,1-2H3,(H,14,18)(H,15,16). The van der Waals surface area contributed by atoms with E-state index in [0.29, 0.717) is 18.7 Å². The molecule has 4 N–H and O–H groups in total. The number of anilines is 2. The number of nitrogens with zero attached hydrogens (tertiary/aromatic N) is 2. The summed E-state index contributed by atoms with van der Waals surface area (Å²) in [6, 6.07) is 5.53. The highest BCUT2D eigenvalue weighted by molar-refractivity contribution is 5.81. The van der Waals surface area contributed by atoms with E-state index in [1.165, 1.54) is 0 Å². The average Bonchev–Trinajstić information content (AvgIpc) is 2.78. The molecular weight excluding hydrogens is 230 g/mol. The number of rotatable bonds is 4. The number of aromatic nitrogens is 2. The van der Waals surface area contributed by atoms with E-state index in [0.717, 1.165) is 17.0 Å². The molecule has 1 heterocycles. The minimum absolute atomic E-state index is 0.0159. The van der Waals surface area contributed by atoms with Crippen molar-refractivity contribution in [3.05, 3.63) is 18.2 Å². The maximum absolute atomic E-state index is 11.2. The van der Waals surface area contributed by atoms with Crippen LogP contribution in [0.4, 0.5) is 11.6 Å². The van der Waals surface area contributed by atoms with Gasteiger partial charge >= 0.3 is 0 Å². The number of nitrogens with one attached hydrogen (secondary N) is 2. The van der Waals surface area contributed by atoms with Crippen LogP contribution in [-0.4, -0.2) is 36.5 Å². The molecule has 0 aliphatic heterocycles. The van der Waals surface area contributed by atoms with Crippen LogP contribution < -0.4 is 16.0 Å². The Morgan fingerprint density at radius 1 is 1.56 bits per heavy atom. The molecule has 0 saturated heterocycles. The largest absolute Gasteiger partial charge is 0.399 e. The van der Waals surface area contributed by atoms with Gasteiger partial charge in [0, 0.05) is 32.7 Å². The van der Waals surface area contributed by atoms with Gasteiger partial charge in [-0.25, -0.2) is 4.98 Å². The summed E-state index contributed by atoms with van der Waals surface area (Å²) in [5, 5.41) is 2.59. The van der Waals surface area contributed by atoms with Crippen LogP contribution >= 0.6 is 0 Å². The van der Waals surface area contributed by atoms with Gasteiger partial charge in [0.15, 0.2) is 0 Å². The third-order valence-corrected chi connectivity index (χ3v) is 2.81. The second-order valence-electron chi connectivity index (χ2n) is 4.18. The summed E-state index contributed by atoms with van der Waals surface area (Å²) in [4.78, 5) is 20.7. The lowest BCUT2D eigenvalue weighted by Gasteiger charge is -2.14. The summed E-state index contributed by atoms with van der Waals surface area (Å²) < 4.78 is 0. The molecule has 2 aromatic rings. The van der Waals surface area contributed by atoms with Crippen molar-refractivity contribution < 1.29 is 4.79 Å². The van der Waals surface area contributed by atoms with Gasteiger partial charge in [0.05, 0.1) is 11.0 Å². The van der Waals surface area contributed by atoms with Gasteiger partial charge in [-0.1, -0.05) is 0 Å². The smallest absolute Gasteiger partial charge is 0.221 e. The molecule has 0 unspecified atom stereocenters. The molecule has 0 aliphatic carbocycles. The summed E-state index contributed by atoms with van der Waals surface area (Å²) in [7, 11) is 3.52. The normalized spacial score (nSPS) is 10.6. The highest BCUT2D eigenvalue weighted by atomic mass is 16.1. The van der Waals surface area contributed by atoms with E-state index >= 15 is 0 Å². The molecule has 0 spiro atoms. The Bertz CT molecular complexity index is 563. The van der Waals surface area contributed by atoms with E-state index in [-0.39, 0.29) is 5.91 Å². The van der Waals surface area contributed by atoms with Crippen molar-refractivity contribution in [3.63, 3.8) is 0 Å². The molecular formula is C12H17N5O. The summed E-state index contributed by atoms with van der Waals surface area (Å²) >= 11 is 0. The molecule has 0 atom stereocenters. The third kappa shape index (κ3) is 2.53. The van der Waals surface area contributed by atoms with Gasteiger partial charge in [-0.2, -0.15) is 0 Å². The number of benzene rings is 1. The molecule has 1 amide bonds. The van der Waals surface area contributed by atoms with Crippen molar-refractivity contribution in [1.29, 1.82) is 0 Å². The SMILES string of the molecule is CNC(=O)CCN(C)c1nc2ccc(N)cc2[nH]1. The average molecular weight is 247 g/mol. The zero-order chi connectivity index (χ0) is 13.1. The van der Waals surface area contributed by atoms with Gasteiger partial charge in [-0.05, 0) is 18.2 Å². The molecule has 18 heavy (non-hydrogen) atoms. The third-order valence-electron chi connectivity index (χ3n) is 2.81. The van der Waals surface area contributed by atoms with Gasteiger partial charge in [0.1, 0.15) is 0 Å². The van der Waals surface area contributed by atoms with Crippen LogP contribution in [0.3, 0.4) is 0 Å². The van der Waals surface area contributed by atoms with E-state index in [1.807, 2.05) is 30.1 Å². The summed E-state index contributed by atoms with van der Waals surface area (Å²) in [5.74, 6) is 0.752. The van der Waals surface area contributed by atoms with Gasteiger partial charge in [-0.3, -0.25) is 4.79 Å². The molecule has 0 aliphatic rings. The van der Waals surface area contributed by atoms with Crippen LogP contribution in [0.15, 0.2) is 18.2 Å². The molecule has 0 radical (unpaired) electrons. The number of hydrogen-bond donors (Lipinski definition) is 3. The maximum atomic E-state index is 11.2. The molecule has 0 saturated carbocycles. The number of aromatic amines is 1. The molecule has 2 rings (SSSR count). The van der Waals surface area contributed by atoms with Crippen molar-refractivity contribution in [2.24, 2.45) is 0 Å². The lowest BCUT2D eigenvalue weighted by atomic mass is 10.3. The molecule has 1 aromatic carbocycles. The van der Waals surface area contributed by atoms with E-state index in [1.54, 1.807) is 7.05 Å². The lowest BCUT2D eigenvalue weighted by molar-refractivity contribution is -0.120. The Kier molecular flexibility index (Phi) is 3.36. The molecule has 0 fully saturated rings. The molecule has 96 valence electrons. The number of carbonyl (C=O) groups excluding carboxylic acids is 1. The molecule has 6 nitrogen and oxygen atoms in total. The van der Waals surface area contributed by atoms with E-state index in [9.17, 15) is 4.79 Å². The fourth-order valence-corrected chi connectivity index (χ4v) is 1.69. The highest BCUT2D eigenvalue weighted by Gasteiger charge is 2.08. The minimum Gasteiger partial charge on any atom is -0.399 e. The first-order valence-electron chi connectivity index (χ1n) is 5.77. The van der Waals surface area contributed by atoms with Crippen molar-refractivity contribution in [2.75, 3.05) is 31.3 Å². The van der Waals surface area contributed by atoms with Gasteiger partial charge in [-0.15, -0.1) is 0 Å². The van der Waals surface area contributed by atoms with Gasteiger partial charge in [0.25, 0.3) is 0 Å². The summed E-state index contributed by atoms with van der Waals surface area (Å²) in [6.45, 7) is 0.606. The fourth-order valence-electron chi connectivity index (χ4n) is 1.69. The Morgan fingerprint density at radius 3 is 3.06 bits per heavy atom. The van der Waals surface area contributed by atoms with Crippen LogP contribution in [0, 0.1) is 0 Å². The Balaban J connectivity index is 2.13. The van der Waals surface area contributed by atoms with Crippen molar-refractivity contribution in [2.45, 2.75) is 6.42 Å². The Hall–Kier alpha value is -2.24. The van der Waals surface area contributed by atoms with Crippen LogP contribution in [0.2, 0.25) is 0 Å². The summed E-state index contributed by atoms with van der Waals surface area (Å²) in [6.07, 6.45) is 0.437. The van der Waals surface area contributed by atoms with Gasteiger partial charge in [0.2, 0.25) is 11.9 Å². The Morgan fingerprint density at radius 2 is 2.33 bits per heavy atom. The first kappa shape index (κ1) is 12.2. The predicted molar refractivity (Wildman–Crippen MR) is 72.5 cm³/mol. The number of nitrogens with two attached hydrogens (primary N) is 1. The first-order valence-corrected chi connectivity index (χ1v) is 5.77. The second kappa shape index (κ2) is 4.95.